The maximum absolute atomic E-state index is 11.8. The number of nitrogens with one attached hydrogen (secondary N) is 2. The molecule has 4 N–H and O–H groups in total. The van der Waals surface area contributed by atoms with Crippen LogP contribution in [0.25, 0.3) is 0 Å². The van der Waals surface area contributed by atoms with E-state index in [2.05, 4.69) is 10.0 Å². The van der Waals surface area contributed by atoms with Crippen LogP contribution in [-0.4, -0.2) is 26.6 Å². The largest absolute Gasteiger partial charge is 0.330 e. The first-order valence-corrected chi connectivity index (χ1v) is 8.15. The van der Waals surface area contributed by atoms with Crippen molar-refractivity contribution >= 4 is 27.3 Å². The fraction of sp³-hybridized carbons (Fsp3) is 0.462. The molecule has 7 heteroatoms. The van der Waals surface area contributed by atoms with Crippen molar-refractivity contribution < 1.29 is 13.2 Å². The fourth-order valence-corrected chi connectivity index (χ4v) is 2.91. The van der Waals surface area contributed by atoms with Gasteiger partial charge in [-0.05, 0) is 31.0 Å². The van der Waals surface area contributed by atoms with E-state index in [9.17, 15) is 13.2 Å². The van der Waals surface area contributed by atoms with Crippen LogP contribution in [0.2, 0.25) is 0 Å². The molecule has 0 bridgehead atoms. The Morgan fingerprint density at radius 3 is 2.55 bits per heavy atom. The topological polar surface area (TPSA) is 101 Å². The summed E-state index contributed by atoms with van der Waals surface area (Å²) in [6.07, 6.45) is 0.770. The van der Waals surface area contributed by atoms with Gasteiger partial charge in [0.2, 0.25) is 15.9 Å². The van der Waals surface area contributed by atoms with E-state index in [1.807, 2.05) is 0 Å². The Balaban J connectivity index is 2.93. The SMILES string of the molecule is CCCS(=O)(=O)Nc1cccc(NC(=O)CCN)c1C. The van der Waals surface area contributed by atoms with E-state index in [-0.39, 0.29) is 24.6 Å². The molecule has 0 saturated heterocycles. The number of amides is 1. The molecule has 1 aromatic carbocycles. The lowest BCUT2D eigenvalue weighted by Crippen LogP contribution is -2.19. The van der Waals surface area contributed by atoms with Gasteiger partial charge in [0.1, 0.15) is 0 Å². The standard InChI is InChI=1S/C13H21N3O3S/c1-3-9-20(18,19)16-12-6-4-5-11(10(12)2)15-13(17)7-8-14/h4-6,16H,3,7-9,14H2,1-2H3,(H,15,17). The van der Waals surface area contributed by atoms with Gasteiger partial charge in [0, 0.05) is 18.7 Å². The Morgan fingerprint density at radius 2 is 1.95 bits per heavy atom. The van der Waals surface area contributed by atoms with Crippen molar-refractivity contribution in [3.8, 4) is 0 Å². The number of hydrogen-bond acceptors (Lipinski definition) is 4. The van der Waals surface area contributed by atoms with Crippen molar-refractivity contribution in [3.63, 3.8) is 0 Å². The quantitative estimate of drug-likeness (QED) is 0.709. The van der Waals surface area contributed by atoms with Gasteiger partial charge in [0.05, 0.1) is 11.4 Å². The molecule has 0 heterocycles. The maximum Gasteiger partial charge on any atom is 0.232 e. The monoisotopic (exact) mass is 299 g/mol. The molecule has 0 fully saturated rings. The van der Waals surface area contributed by atoms with Crippen molar-refractivity contribution in [2.24, 2.45) is 5.73 Å². The molecule has 1 rings (SSSR count). The van der Waals surface area contributed by atoms with E-state index in [4.69, 9.17) is 5.73 Å². The van der Waals surface area contributed by atoms with Gasteiger partial charge in [0.25, 0.3) is 0 Å². The summed E-state index contributed by atoms with van der Waals surface area (Å²) in [6, 6.07) is 5.08. The van der Waals surface area contributed by atoms with E-state index in [0.29, 0.717) is 23.4 Å². The van der Waals surface area contributed by atoms with Gasteiger partial charge < -0.3 is 11.1 Å². The number of carbonyl (C=O) groups is 1. The van der Waals surface area contributed by atoms with E-state index in [1.165, 1.54) is 0 Å². The van der Waals surface area contributed by atoms with Gasteiger partial charge in [-0.2, -0.15) is 0 Å². The molecule has 6 nitrogen and oxygen atoms in total. The van der Waals surface area contributed by atoms with Crippen LogP contribution in [0, 0.1) is 6.92 Å². The molecule has 20 heavy (non-hydrogen) atoms. The van der Waals surface area contributed by atoms with Gasteiger partial charge >= 0.3 is 0 Å². The zero-order valence-electron chi connectivity index (χ0n) is 11.8. The first-order chi connectivity index (χ1) is 9.39. The Hall–Kier alpha value is -1.60. The average molecular weight is 299 g/mol. The highest BCUT2D eigenvalue weighted by Crippen LogP contribution is 2.24. The number of benzene rings is 1. The molecule has 0 unspecified atom stereocenters. The number of sulfonamides is 1. The minimum Gasteiger partial charge on any atom is -0.330 e. The molecule has 0 aliphatic rings. The first-order valence-electron chi connectivity index (χ1n) is 6.49. The van der Waals surface area contributed by atoms with Crippen LogP contribution in [0.5, 0.6) is 0 Å². The van der Waals surface area contributed by atoms with Crippen LogP contribution in [0.15, 0.2) is 18.2 Å². The Morgan fingerprint density at radius 1 is 1.30 bits per heavy atom. The molecule has 112 valence electrons. The fourth-order valence-electron chi connectivity index (χ4n) is 1.71. The second-order valence-electron chi connectivity index (χ2n) is 4.49. The number of nitrogens with two attached hydrogens (primary N) is 1. The van der Waals surface area contributed by atoms with Gasteiger partial charge in [-0.15, -0.1) is 0 Å². The molecule has 0 radical (unpaired) electrons. The maximum atomic E-state index is 11.8. The summed E-state index contributed by atoms with van der Waals surface area (Å²) >= 11 is 0. The lowest BCUT2D eigenvalue weighted by molar-refractivity contribution is -0.116. The van der Waals surface area contributed by atoms with E-state index < -0.39 is 10.0 Å². The average Bonchev–Trinajstić information content (AvgIpc) is 2.34. The molecule has 0 spiro atoms. The summed E-state index contributed by atoms with van der Waals surface area (Å²) in [7, 11) is -3.35. The van der Waals surface area contributed by atoms with Gasteiger partial charge in [-0.3, -0.25) is 9.52 Å². The van der Waals surface area contributed by atoms with Crippen LogP contribution in [0.4, 0.5) is 11.4 Å². The molecule has 0 aliphatic carbocycles. The highest BCUT2D eigenvalue weighted by molar-refractivity contribution is 7.92. The number of carbonyl (C=O) groups excluding carboxylic acids is 1. The zero-order chi connectivity index (χ0) is 15.2. The van der Waals surface area contributed by atoms with E-state index >= 15 is 0 Å². The smallest absolute Gasteiger partial charge is 0.232 e. The van der Waals surface area contributed by atoms with Crippen molar-refractivity contribution in [2.45, 2.75) is 26.7 Å². The first kappa shape index (κ1) is 16.5. The van der Waals surface area contributed by atoms with Crippen molar-refractivity contribution in [1.82, 2.24) is 0 Å². The molecular weight excluding hydrogens is 278 g/mol. The highest BCUT2D eigenvalue weighted by atomic mass is 32.2. The van der Waals surface area contributed by atoms with Crippen molar-refractivity contribution in [3.05, 3.63) is 23.8 Å². The van der Waals surface area contributed by atoms with Crippen LogP contribution in [0.3, 0.4) is 0 Å². The number of hydrogen-bond donors (Lipinski definition) is 3. The van der Waals surface area contributed by atoms with Gasteiger partial charge in [-0.1, -0.05) is 13.0 Å². The minimum atomic E-state index is -3.35. The third kappa shape index (κ3) is 4.82. The summed E-state index contributed by atoms with van der Waals surface area (Å²) in [5.74, 6) is -0.125. The predicted molar refractivity (Wildman–Crippen MR) is 81.2 cm³/mol. The molecule has 0 aromatic heterocycles. The predicted octanol–water partition coefficient (Wildman–Crippen LogP) is 1.43. The summed E-state index contributed by atoms with van der Waals surface area (Å²) in [6.45, 7) is 3.82. The van der Waals surface area contributed by atoms with E-state index in [0.717, 1.165) is 0 Å². The van der Waals surface area contributed by atoms with Crippen LogP contribution < -0.4 is 15.8 Å². The van der Waals surface area contributed by atoms with Gasteiger partial charge in [-0.25, -0.2) is 8.42 Å². The van der Waals surface area contributed by atoms with Crippen LogP contribution in [-0.2, 0) is 14.8 Å². The molecule has 1 aromatic rings. The Labute approximate surface area is 119 Å². The third-order valence-electron chi connectivity index (χ3n) is 2.72. The lowest BCUT2D eigenvalue weighted by Gasteiger charge is -2.14. The lowest BCUT2D eigenvalue weighted by atomic mass is 10.1. The third-order valence-corrected chi connectivity index (χ3v) is 4.19. The van der Waals surface area contributed by atoms with Crippen LogP contribution >= 0.6 is 0 Å². The summed E-state index contributed by atoms with van der Waals surface area (Å²) < 4.78 is 26.1. The van der Waals surface area contributed by atoms with E-state index in [1.54, 1.807) is 32.0 Å². The molecule has 0 aliphatic heterocycles. The van der Waals surface area contributed by atoms with Gasteiger partial charge in [0.15, 0.2) is 0 Å². The normalized spacial score (nSPS) is 11.2. The summed E-state index contributed by atoms with van der Waals surface area (Å²) in [5.41, 5.74) is 7.05. The second kappa shape index (κ2) is 7.25. The summed E-state index contributed by atoms with van der Waals surface area (Å²) in [5, 5.41) is 2.72. The minimum absolute atomic E-state index is 0.0657. The number of rotatable bonds is 7. The van der Waals surface area contributed by atoms with Crippen LogP contribution in [0.1, 0.15) is 25.3 Å². The number of anilines is 2. The highest BCUT2D eigenvalue weighted by Gasteiger charge is 2.13. The molecule has 0 saturated carbocycles. The molecule has 1 amide bonds. The van der Waals surface area contributed by atoms with Crippen molar-refractivity contribution in [2.75, 3.05) is 22.3 Å². The zero-order valence-corrected chi connectivity index (χ0v) is 12.6. The second-order valence-corrected chi connectivity index (χ2v) is 6.33. The summed E-state index contributed by atoms with van der Waals surface area (Å²) in [4.78, 5) is 11.5. The Kier molecular flexibility index (Phi) is 5.97. The Bertz CT molecular complexity index is 570. The van der Waals surface area contributed by atoms with Crippen molar-refractivity contribution in [1.29, 1.82) is 0 Å². The molecule has 0 atom stereocenters. The molecular formula is C13H21N3O3S.